The third-order valence-corrected chi connectivity index (χ3v) is 8.47. The van der Waals surface area contributed by atoms with Crippen LogP contribution < -0.4 is 4.90 Å². The van der Waals surface area contributed by atoms with Crippen LogP contribution in [0.15, 0.2) is 47.5 Å². The lowest BCUT2D eigenvalue weighted by Gasteiger charge is -2.26. The number of nitrogens with zero attached hydrogens (tertiary/aromatic N) is 2. The van der Waals surface area contributed by atoms with Gasteiger partial charge < -0.3 is 4.90 Å². The zero-order valence-electron chi connectivity index (χ0n) is 15.2. The Balaban J connectivity index is 1.70. The lowest BCUT2D eigenvalue weighted by molar-refractivity contribution is 0.601. The Morgan fingerprint density at radius 3 is 2.74 bits per heavy atom. The fourth-order valence-corrected chi connectivity index (χ4v) is 7.49. The van der Waals surface area contributed by atoms with E-state index in [0.29, 0.717) is 11.6 Å². The molecule has 2 heterocycles. The monoisotopic (exact) mass is 420 g/mol. The number of aryl methyl sites for hydroxylation is 2. The summed E-state index contributed by atoms with van der Waals surface area (Å²) in [6.45, 7) is 4.87. The highest BCUT2D eigenvalue weighted by Crippen LogP contribution is 2.38. The van der Waals surface area contributed by atoms with Crippen LogP contribution in [-0.4, -0.2) is 36.4 Å². The molecule has 2 aromatic rings. The normalized spacial score (nSPS) is 23.1. The highest BCUT2D eigenvalue weighted by atomic mass is 35.5. The van der Waals surface area contributed by atoms with Gasteiger partial charge in [-0.15, -0.1) is 0 Å². The van der Waals surface area contributed by atoms with E-state index in [1.807, 2.05) is 24.3 Å². The van der Waals surface area contributed by atoms with Crippen LogP contribution in [0.1, 0.15) is 16.7 Å². The quantitative estimate of drug-likeness (QED) is 0.745. The largest absolute Gasteiger partial charge is 0.317 e. The first-order chi connectivity index (χ1) is 12.8. The molecule has 2 aliphatic rings. The topological polar surface area (TPSA) is 49.7 Å². The number of sulfone groups is 1. The SMILES string of the molecule is Cc1ccc(C)c(CN(C2=N[C@@H]3CS(=O)(=O)C[C@H]3S2)c2cccc(Cl)c2)c1. The summed E-state index contributed by atoms with van der Waals surface area (Å²) >= 11 is 7.81. The summed E-state index contributed by atoms with van der Waals surface area (Å²) in [4.78, 5) is 6.94. The number of aliphatic imine (C=N–C) groups is 1. The number of anilines is 1. The summed E-state index contributed by atoms with van der Waals surface area (Å²) in [6.07, 6.45) is 0. The van der Waals surface area contributed by atoms with Crippen LogP contribution in [-0.2, 0) is 16.4 Å². The predicted octanol–water partition coefficient (Wildman–Crippen LogP) is 4.23. The zero-order valence-corrected chi connectivity index (χ0v) is 17.6. The van der Waals surface area contributed by atoms with Gasteiger partial charge in [0.05, 0.1) is 24.1 Å². The molecular weight excluding hydrogens is 400 g/mol. The Bertz CT molecular complexity index is 1020. The molecule has 0 aliphatic carbocycles. The highest BCUT2D eigenvalue weighted by molar-refractivity contribution is 8.15. The Kier molecular flexibility index (Phi) is 4.99. The molecule has 0 aromatic heterocycles. The molecule has 1 saturated heterocycles. The van der Waals surface area contributed by atoms with Crippen LogP contribution in [0.25, 0.3) is 0 Å². The van der Waals surface area contributed by atoms with Crippen molar-refractivity contribution in [3.8, 4) is 0 Å². The van der Waals surface area contributed by atoms with E-state index < -0.39 is 9.84 Å². The third kappa shape index (κ3) is 4.03. The van der Waals surface area contributed by atoms with E-state index in [0.717, 1.165) is 10.9 Å². The number of benzene rings is 2. The minimum absolute atomic E-state index is 0.0188. The number of fused-ring (bicyclic) bond motifs is 1. The Hall–Kier alpha value is -1.50. The van der Waals surface area contributed by atoms with Crippen LogP contribution >= 0.6 is 23.4 Å². The van der Waals surface area contributed by atoms with E-state index in [9.17, 15) is 8.42 Å². The van der Waals surface area contributed by atoms with Gasteiger partial charge in [0.15, 0.2) is 15.0 Å². The van der Waals surface area contributed by atoms with Crippen molar-refractivity contribution in [3.05, 3.63) is 64.2 Å². The summed E-state index contributed by atoms with van der Waals surface area (Å²) in [5, 5.41) is 1.57. The van der Waals surface area contributed by atoms with Crippen LogP contribution in [0.3, 0.4) is 0 Å². The molecule has 1 fully saturated rings. The summed E-state index contributed by atoms with van der Waals surface area (Å²) in [6, 6.07) is 14.0. The maximum Gasteiger partial charge on any atom is 0.164 e. The molecule has 142 valence electrons. The number of halogens is 1. The van der Waals surface area contributed by atoms with Crippen molar-refractivity contribution in [3.63, 3.8) is 0 Å². The Labute approximate surface area is 169 Å². The average Bonchev–Trinajstić information content (AvgIpc) is 3.09. The van der Waals surface area contributed by atoms with E-state index >= 15 is 0 Å². The smallest absolute Gasteiger partial charge is 0.164 e. The minimum Gasteiger partial charge on any atom is -0.317 e. The first kappa shape index (κ1) is 18.8. The van der Waals surface area contributed by atoms with Gasteiger partial charge in [-0.1, -0.05) is 53.2 Å². The standard InChI is InChI=1S/C20H21ClN2O2S2/c1-13-6-7-14(2)15(8-13)10-23(17-5-3-4-16(21)9-17)20-22-18-11-27(24,25)12-19(18)26-20/h3-9,18-19H,10-12H2,1-2H3/t18-,19-/m1/s1. The highest BCUT2D eigenvalue weighted by Gasteiger charge is 2.44. The molecule has 0 amide bonds. The fourth-order valence-electron chi connectivity index (χ4n) is 3.53. The van der Waals surface area contributed by atoms with E-state index in [-0.39, 0.29) is 22.8 Å². The molecule has 27 heavy (non-hydrogen) atoms. The van der Waals surface area contributed by atoms with Crippen LogP contribution in [0.5, 0.6) is 0 Å². The Morgan fingerprint density at radius 2 is 2.00 bits per heavy atom. The molecule has 0 bridgehead atoms. The van der Waals surface area contributed by atoms with Crippen molar-refractivity contribution < 1.29 is 8.42 Å². The molecule has 2 aromatic carbocycles. The first-order valence-corrected chi connectivity index (χ1v) is 11.9. The summed E-state index contributed by atoms with van der Waals surface area (Å²) in [5.41, 5.74) is 4.63. The third-order valence-electron chi connectivity index (χ3n) is 4.99. The molecule has 0 saturated carbocycles. The van der Waals surface area contributed by atoms with E-state index in [4.69, 9.17) is 16.6 Å². The number of hydrogen-bond acceptors (Lipinski definition) is 5. The van der Waals surface area contributed by atoms with Gasteiger partial charge in [0.25, 0.3) is 0 Å². The maximum absolute atomic E-state index is 11.9. The van der Waals surface area contributed by atoms with Gasteiger partial charge >= 0.3 is 0 Å². The molecule has 2 aliphatic heterocycles. The van der Waals surface area contributed by atoms with E-state index in [1.165, 1.54) is 16.7 Å². The van der Waals surface area contributed by atoms with Gasteiger partial charge in [0.1, 0.15) is 0 Å². The molecule has 4 rings (SSSR count). The van der Waals surface area contributed by atoms with E-state index in [1.54, 1.807) is 11.8 Å². The lowest BCUT2D eigenvalue weighted by atomic mass is 10.1. The number of rotatable bonds is 3. The molecular formula is C20H21ClN2O2S2. The van der Waals surface area contributed by atoms with Crippen molar-refractivity contribution in [2.24, 2.45) is 4.99 Å². The summed E-state index contributed by atoms with van der Waals surface area (Å²) in [7, 11) is -2.96. The molecule has 0 radical (unpaired) electrons. The van der Waals surface area contributed by atoms with E-state index in [2.05, 4.69) is 36.9 Å². The molecule has 0 unspecified atom stereocenters. The second-order valence-corrected chi connectivity index (χ2v) is 11.0. The second kappa shape index (κ2) is 7.15. The van der Waals surface area contributed by atoms with Gasteiger partial charge in [0, 0.05) is 16.0 Å². The average molecular weight is 421 g/mol. The van der Waals surface area contributed by atoms with Gasteiger partial charge in [-0.2, -0.15) is 0 Å². The fraction of sp³-hybridized carbons (Fsp3) is 0.350. The molecule has 0 spiro atoms. The number of hydrogen-bond donors (Lipinski definition) is 0. The number of amidine groups is 1. The van der Waals surface area contributed by atoms with Crippen LogP contribution in [0.4, 0.5) is 5.69 Å². The van der Waals surface area contributed by atoms with Crippen molar-refractivity contribution in [2.75, 3.05) is 16.4 Å². The van der Waals surface area contributed by atoms with Gasteiger partial charge in [-0.05, 0) is 43.2 Å². The second-order valence-electron chi connectivity index (χ2n) is 7.21. The summed E-state index contributed by atoms with van der Waals surface area (Å²) in [5.74, 6) is 0.364. The van der Waals surface area contributed by atoms with Crippen molar-refractivity contribution in [1.29, 1.82) is 0 Å². The molecule has 7 heteroatoms. The van der Waals surface area contributed by atoms with Crippen molar-refractivity contribution in [2.45, 2.75) is 31.7 Å². The number of thioether (sulfide) groups is 1. The van der Waals surface area contributed by atoms with Crippen molar-refractivity contribution >= 4 is 44.1 Å². The van der Waals surface area contributed by atoms with Gasteiger partial charge in [-0.25, -0.2) is 8.42 Å². The maximum atomic E-state index is 11.9. The Morgan fingerprint density at radius 1 is 1.19 bits per heavy atom. The van der Waals surface area contributed by atoms with Crippen LogP contribution in [0, 0.1) is 13.8 Å². The molecule has 4 nitrogen and oxygen atoms in total. The predicted molar refractivity (Wildman–Crippen MR) is 115 cm³/mol. The molecule has 2 atom stereocenters. The van der Waals surface area contributed by atoms with Crippen molar-refractivity contribution in [1.82, 2.24) is 0 Å². The summed E-state index contributed by atoms with van der Waals surface area (Å²) < 4.78 is 23.8. The van der Waals surface area contributed by atoms with Crippen LogP contribution in [0.2, 0.25) is 5.02 Å². The van der Waals surface area contributed by atoms with Gasteiger partial charge in [-0.3, -0.25) is 4.99 Å². The van der Waals surface area contributed by atoms with Gasteiger partial charge in [0.2, 0.25) is 0 Å². The molecule has 0 N–H and O–H groups in total. The minimum atomic E-state index is -2.96. The lowest BCUT2D eigenvalue weighted by Crippen LogP contribution is -2.28. The first-order valence-electron chi connectivity index (χ1n) is 8.85. The zero-order chi connectivity index (χ0) is 19.2.